The highest BCUT2D eigenvalue weighted by Gasteiger charge is 2.38. The Morgan fingerprint density at radius 3 is 2.87 bits per heavy atom. The summed E-state index contributed by atoms with van der Waals surface area (Å²) >= 11 is 12.1. The van der Waals surface area contributed by atoms with Crippen molar-refractivity contribution in [2.75, 3.05) is 0 Å². The van der Waals surface area contributed by atoms with Gasteiger partial charge < -0.3 is 15.0 Å². The van der Waals surface area contributed by atoms with Crippen LogP contribution in [0, 0.1) is 30.0 Å². The van der Waals surface area contributed by atoms with Crippen LogP contribution in [0.25, 0.3) is 0 Å². The Bertz CT molecular complexity index is 1200. The third-order valence-corrected chi connectivity index (χ3v) is 5.60. The van der Waals surface area contributed by atoms with Crippen molar-refractivity contribution >= 4 is 29.1 Å². The summed E-state index contributed by atoms with van der Waals surface area (Å²) in [4.78, 5) is 19.0. The van der Waals surface area contributed by atoms with Crippen molar-refractivity contribution < 1.29 is 13.9 Å². The van der Waals surface area contributed by atoms with Crippen LogP contribution in [0.5, 0.6) is 11.5 Å². The second kappa shape index (κ2) is 8.58. The molecule has 4 rings (SSSR count). The number of nitrogens with zero attached hydrogens (tertiary/aromatic N) is 2. The van der Waals surface area contributed by atoms with Gasteiger partial charge in [0.15, 0.2) is 17.3 Å². The molecule has 1 fully saturated rings. The average Bonchev–Trinajstić information content (AvgIpc) is 3.47. The summed E-state index contributed by atoms with van der Waals surface area (Å²) < 4.78 is 20.8. The van der Waals surface area contributed by atoms with Crippen molar-refractivity contribution in [1.82, 2.24) is 15.3 Å². The predicted octanol–water partition coefficient (Wildman–Crippen LogP) is 5.51. The second-order valence-electron chi connectivity index (χ2n) is 7.27. The van der Waals surface area contributed by atoms with Gasteiger partial charge in [0.25, 0.3) is 5.91 Å². The molecule has 1 saturated carbocycles. The lowest BCUT2D eigenvalue weighted by molar-refractivity contribution is 0.0946. The molecule has 1 aromatic heterocycles. The maximum absolute atomic E-state index is 15.1. The fourth-order valence-corrected chi connectivity index (χ4v) is 3.76. The smallest absolute Gasteiger partial charge is 0.273 e. The van der Waals surface area contributed by atoms with E-state index < -0.39 is 11.7 Å². The molecule has 1 aliphatic rings. The number of hydrogen-bond donors (Lipinski definition) is 2. The number of nitriles is 1. The van der Waals surface area contributed by atoms with Crippen molar-refractivity contribution in [3.05, 3.63) is 75.0 Å². The molecule has 0 saturated heterocycles. The van der Waals surface area contributed by atoms with Gasteiger partial charge in [0.1, 0.15) is 16.7 Å². The maximum atomic E-state index is 15.1. The van der Waals surface area contributed by atoms with Gasteiger partial charge in [-0.3, -0.25) is 4.79 Å². The molecule has 9 heteroatoms. The number of aromatic amines is 1. The van der Waals surface area contributed by atoms with Crippen molar-refractivity contribution in [3.63, 3.8) is 0 Å². The number of H-pyrrole nitrogens is 1. The number of halogens is 3. The minimum absolute atomic E-state index is 0.00863. The van der Waals surface area contributed by atoms with Crippen molar-refractivity contribution in [2.24, 2.45) is 5.92 Å². The minimum atomic E-state index is -0.677. The lowest BCUT2D eigenvalue weighted by atomic mass is 10.1. The highest BCUT2D eigenvalue weighted by Crippen LogP contribution is 2.47. The number of carbonyl (C=O) groups is 1. The van der Waals surface area contributed by atoms with Crippen LogP contribution < -0.4 is 10.1 Å². The molecule has 6 nitrogen and oxygen atoms in total. The molecule has 31 heavy (non-hydrogen) atoms. The van der Waals surface area contributed by atoms with Crippen LogP contribution in [0.1, 0.15) is 39.8 Å². The third kappa shape index (κ3) is 4.50. The van der Waals surface area contributed by atoms with E-state index in [1.54, 1.807) is 25.1 Å². The van der Waals surface area contributed by atoms with Gasteiger partial charge in [-0.2, -0.15) is 5.26 Å². The van der Waals surface area contributed by atoms with E-state index in [9.17, 15) is 4.79 Å². The Morgan fingerprint density at radius 2 is 2.19 bits per heavy atom. The average molecular weight is 459 g/mol. The van der Waals surface area contributed by atoms with E-state index in [2.05, 4.69) is 21.4 Å². The van der Waals surface area contributed by atoms with E-state index >= 15 is 4.39 Å². The zero-order valence-electron chi connectivity index (χ0n) is 16.4. The molecule has 1 amide bonds. The standard InChI is InChI=1S/C22H17Cl2FN4O2/c1-11-28-19(21(24)29-11)22(30)27-10-13-5-6-17(23)20(18(13)25)31-15-4-2-3-12(7-15)16-8-14(16)9-26/h2-7,14,16H,8,10H2,1H3,(H,27,30)(H,28,29). The summed E-state index contributed by atoms with van der Waals surface area (Å²) in [6.45, 7) is 1.57. The first-order valence-electron chi connectivity index (χ1n) is 9.52. The van der Waals surface area contributed by atoms with Crippen molar-refractivity contribution in [3.8, 4) is 17.6 Å². The first kappa shape index (κ1) is 21.2. The normalized spacial score (nSPS) is 17.1. The monoisotopic (exact) mass is 458 g/mol. The van der Waals surface area contributed by atoms with Crippen LogP contribution in [-0.4, -0.2) is 15.9 Å². The summed E-state index contributed by atoms with van der Waals surface area (Å²) in [5.74, 6) is -0.242. The molecule has 158 valence electrons. The number of amides is 1. The van der Waals surface area contributed by atoms with Crippen LogP contribution in [0.15, 0.2) is 36.4 Å². The predicted molar refractivity (Wildman–Crippen MR) is 114 cm³/mol. The number of hydrogen-bond acceptors (Lipinski definition) is 4. The number of rotatable bonds is 6. The zero-order valence-corrected chi connectivity index (χ0v) is 17.9. The van der Waals surface area contributed by atoms with Crippen molar-refractivity contribution in [2.45, 2.75) is 25.8 Å². The lowest BCUT2D eigenvalue weighted by Gasteiger charge is -2.13. The zero-order chi connectivity index (χ0) is 22.1. The van der Waals surface area contributed by atoms with Crippen LogP contribution in [0.4, 0.5) is 4.39 Å². The van der Waals surface area contributed by atoms with Crippen LogP contribution in [0.3, 0.4) is 0 Å². The first-order chi connectivity index (χ1) is 14.9. The summed E-state index contributed by atoms with van der Waals surface area (Å²) in [6.07, 6.45) is 0.809. The summed E-state index contributed by atoms with van der Waals surface area (Å²) in [7, 11) is 0. The van der Waals surface area contributed by atoms with Crippen molar-refractivity contribution in [1.29, 1.82) is 5.26 Å². The van der Waals surface area contributed by atoms with Gasteiger partial charge in [0, 0.05) is 18.0 Å². The first-order valence-corrected chi connectivity index (χ1v) is 10.3. The highest BCUT2D eigenvalue weighted by atomic mass is 35.5. The second-order valence-corrected chi connectivity index (χ2v) is 8.05. The summed E-state index contributed by atoms with van der Waals surface area (Å²) in [5, 5.41) is 11.8. The van der Waals surface area contributed by atoms with Gasteiger partial charge in [-0.05, 0) is 37.1 Å². The van der Waals surface area contributed by atoms with E-state index in [1.807, 2.05) is 6.07 Å². The molecule has 1 aliphatic carbocycles. The number of benzene rings is 2. The molecule has 1 heterocycles. The topological polar surface area (TPSA) is 90.8 Å². The summed E-state index contributed by atoms with van der Waals surface area (Å²) in [6, 6.07) is 12.4. The van der Waals surface area contributed by atoms with Gasteiger partial charge in [-0.1, -0.05) is 41.4 Å². The van der Waals surface area contributed by atoms with E-state index in [4.69, 9.17) is 33.2 Å². The molecule has 0 radical (unpaired) electrons. The van der Waals surface area contributed by atoms with E-state index in [1.165, 1.54) is 12.1 Å². The van der Waals surface area contributed by atoms with Gasteiger partial charge in [-0.15, -0.1) is 0 Å². The fraction of sp³-hybridized carbons (Fsp3) is 0.227. The van der Waals surface area contributed by atoms with E-state index in [0.29, 0.717) is 11.6 Å². The van der Waals surface area contributed by atoms with Gasteiger partial charge in [0.2, 0.25) is 0 Å². The molecule has 2 N–H and O–H groups in total. The molecule has 0 spiro atoms. The van der Waals surface area contributed by atoms with Crippen LogP contribution in [0.2, 0.25) is 10.2 Å². The molecular weight excluding hydrogens is 442 g/mol. The lowest BCUT2D eigenvalue weighted by Crippen LogP contribution is -2.24. The number of nitrogens with one attached hydrogen (secondary N) is 2. The Kier molecular flexibility index (Phi) is 5.86. The van der Waals surface area contributed by atoms with Gasteiger partial charge >= 0.3 is 0 Å². The molecule has 2 atom stereocenters. The van der Waals surface area contributed by atoms with Crippen LogP contribution in [-0.2, 0) is 6.54 Å². The molecule has 2 unspecified atom stereocenters. The molecular formula is C22H17Cl2FN4O2. The minimum Gasteiger partial charge on any atom is -0.453 e. The summed E-state index contributed by atoms with van der Waals surface area (Å²) in [5.41, 5.74) is 1.20. The Hall–Kier alpha value is -3.08. The Morgan fingerprint density at radius 1 is 1.39 bits per heavy atom. The fourth-order valence-electron chi connectivity index (χ4n) is 3.31. The molecule has 2 aromatic carbocycles. The Labute approximate surface area is 188 Å². The number of ether oxygens (including phenoxy) is 1. The molecule has 3 aromatic rings. The van der Waals surface area contributed by atoms with Gasteiger partial charge in [0.05, 0.1) is 17.0 Å². The number of aromatic nitrogens is 2. The van der Waals surface area contributed by atoms with Gasteiger partial charge in [-0.25, -0.2) is 9.37 Å². The third-order valence-electron chi connectivity index (χ3n) is 5.02. The molecule has 0 aliphatic heterocycles. The maximum Gasteiger partial charge on any atom is 0.273 e. The highest BCUT2D eigenvalue weighted by molar-refractivity contribution is 6.32. The number of carbonyl (C=O) groups excluding carboxylic acids is 1. The van der Waals surface area contributed by atoms with E-state index in [0.717, 1.165) is 12.0 Å². The largest absolute Gasteiger partial charge is 0.453 e. The molecule has 0 bridgehead atoms. The van der Waals surface area contributed by atoms with E-state index in [-0.39, 0.29) is 45.6 Å². The Balaban J connectivity index is 1.50. The number of imidazole rings is 1. The quantitative estimate of drug-likeness (QED) is 0.509. The number of aryl methyl sites for hydroxylation is 1. The van der Waals surface area contributed by atoms with Crippen LogP contribution >= 0.6 is 23.2 Å². The SMILES string of the molecule is Cc1nc(C(=O)NCc2ccc(Cl)c(Oc3cccc(C4CC4C#N)c3)c2F)c(Cl)[nH]1.